The van der Waals surface area contributed by atoms with Crippen molar-refractivity contribution in [2.75, 3.05) is 39.3 Å². The van der Waals surface area contributed by atoms with E-state index in [9.17, 15) is 29.9 Å². The zero-order valence-corrected chi connectivity index (χ0v) is 35.7. The van der Waals surface area contributed by atoms with E-state index in [2.05, 4.69) is 24.7 Å². The van der Waals surface area contributed by atoms with Crippen LogP contribution in [0.5, 0.6) is 34.6 Å². The zero-order valence-electron chi connectivity index (χ0n) is 34.2. The van der Waals surface area contributed by atoms with E-state index in [1.54, 1.807) is 73.1 Å². The number of hydrogen-bond acceptors (Lipinski definition) is 14. The quantitative estimate of drug-likeness (QED) is 0.0805. The molecule has 1 saturated heterocycles. The minimum Gasteiger partial charge on any atom is -0.506 e. The summed E-state index contributed by atoms with van der Waals surface area (Å²) in [5, 5.41) is 43.4. The minimum atomic E-state index is -1.58. The number of carboxylic acids is 1. The number of nitrogens with zero attached hydrogens (tertiary/aromatic N) is 6. The number of phenols is 1. The highest BCUT2D eigenvalue weighted by Crippen LogP contribution is 2.51. The molecule has 1 fully saturated rings. The molecule has 0 amide bonds. The smallest absolute Gasteiger partial charge is 0.345 e. The van der Waals surface area contributed by atoms with Crippen molar-refractivity contribution in [3.05, 3.63) is 131 Å². The van der Waals surface area contributed by atoms with Crippen molar-refractivity contribution < 1.29 is 53.7 Å². The number of aliphatic carboxylic acids is 1. The molecule has 4 bridgehead atoms. The lowest BCUT2D eigenvalue weighted by Crippen LogP contribution is -2.49. The summed E-state index contributed by atoms with van der Waals surface area (Å²) < 4.78 is 41.3. The number of phenolic OH excluding ortho intramolecular Hbond substituents is 1. The molecule has 6 heterocycles. The normalized spacial score (nSPS) is 16.9. The molecule has 3 aliphatic heterocycles. The van der Waals surface area contributed by atoms with Crippen molar-refractivity contribution in [1.29, 1.82) is 0 Å². The second kappa shape index (κ2) is 18.8. The van der Waals surface area contributed by atoms with Crippen LogP contribution >= 0.6 is 23.2 Å². The van der Waals surface area contributed by atoms with E-state index < -0.39 is 24.0 Å². The van der Waals surface area contributed by atoms with Crippen LogP contribution in [-0.2, 0) is 17.8 Å². The molecule has 3 aromatic heterocycles. The number of piperazine rings is 1. The summed E-state index contributed by atoms with van der Waals surface area (Å²) in [6, 6.07) is 22.1. The Kier molecular flexibility index (Phi) is 12.6. The molecule has 65 heavy (non-hydrogen) atoms. The summed E-state index contributed by atoms with van der Waals surface area (Å²) in [6.07, 6.45) is 1.97. The number of rotatable bonds is 9. The van der Waals surface area contributed by atoms with Gasteiger partial charge in [-0.1, -0.05) is 47.5 Å². The van der Waals surface area contributed by atoms with Crippen LogP contribution in [0.3, 0.4) is 0 Å². The molecule has 2 atom stereocenters. The zero-order chi connectivity index (χ0) is 45.2. The Morgan fingerprint density at radius 2 is 1.69 bits per heavy atom. The van der Waals surface area contributed by atoms with Gasteiger partial charge < -0.3 is 43.7 Å². The summed E-state index contributed by atoms with van der Waals surface area (Å²) >= 11 is 14.1. The molecule has 0 aliphatic carbocycles. The summed E-state index contributed by atoms with van der Waals surface area (Å²) in [6.45, 7) is 2.20. The first-order valence-corrected chi connectivity index (χ1v) is 21.1. The fraction of sp³-hybridized carbons (Fsp3) is 0.217. The Morgan fingerprint density at radius 1 is 0.892 bits per heavy atom. The van der Waals surface area contributed by atoms with Gasteiger partial charge in [-0.2, -0.15) is 5.06 Å². The molecule has 16 nitrogen and oxygen atoms in total. The van der Waals surface area contributed by atoms with Crippen LogP contribution in [0.4, 0.5) is 4.39 Å². The Labute approximate surface area is 380 Å². The van der Waals surface area contributed by atoms with Gasteiger partial charge in [-0.05, 0) is 66.2 Å². The molecule has 4 N–H and O–H groups in total. The van der Waals surface area contributed by atoms with Crippen molar-refractivity contribution in [3.63, 3.8) is 0 Å². The second-order valence-electron chi connectivity index (χ2n) is 15.2. The van der Waals surface area contributed by atoms with Gasteiger partial charge in [-0.3, -0.25) is 4.90 Å². The molecule has 19 heteroatoms. The number of carboxylic acid groups (broad SMARTS) is 1. The van der Waals surface area contributed by atoms with Gasteiger partial charge >= 0.3 is 5.97 Å². The molecule has 7 aromatic rings. The Bertz CT molecular complexity index is 2880. The van der Waals surface area contributed by atoms with Crippen LogP contribution < -0.4 is 23.8 Å². The highest BCUT2D eigenvalue weighted by molar-refractivity contribution is 6.36. The van der Waals surface area contributed by atoms with Gasteiger partial charge in [0.2, 0.25) is 12.0 Å². The van der Waals surface area contributed by atoms with E-state index >= 15 is 0 Å². The number of aromatic nitrogens is 4. The maximum atomic E-state index is 14.3. The lowest BCUT2D eigenvalue weighted by Gasteiger charge is -2.33. The third kappa shape index (κ3) is 9.15. The van der Waals surface area contributed by atoms with Gasteiger partial charge in [0.25, 0.3) is 0 Å². The summed E-state index contributed by atoms with van der Waals surface area (Å²) in [5.41, 5.74) is 2.77. The Hall–Kier alpha value is -6.73. The molecule has 0 saturated carbocycles. The SMILES string of the molecule is O=C(O)[C@H]1Cc2cc(ccc2OCc2ccnc(-c3ccccc3OO)n2)OC[C@@H](CN2CCN(O)CC2)Oc2ccc(c(O)c2Cl)-c2c(-c3ccc(F)cc3)c(Cl)n3ccnc(c23)O1. The van der Waals surface area contributed by atoms with Gasteiger partial charge in [-0.25, -0.2) is 29.4 Å². The number of halogens is 3. The van der Waals surface area contributed by atoms with Crippen LogP contribution in [0.2, 0.25) is 10.2 Å². The first-order valence-electron chi connectivity index (χ1n) is 20.3. The number of carbonyl (C=O) groups is 1. The lowest BCUT2D eigenvalue weighted by molar-refractivity contribution is -0.145. The van der Waals surface area contributed by atoms with E-state index in [1.165, 1.54) is 39.9 Å². The second-order valence-corrected chi connectivity index (χ2v) is 16.0. The Morgan fingerprint density at radius 3 is 2.48 bits per heavy atom. The van der Waals surface area contributed by atoms with Crippen molar-refractivity contribution >= 4 is 34.7 Å². The van der Waals surface area contributed by atoms with Crippen molar-refractivity contribution in [1.82, 2.24) is 29.3 Å². The first kappa shape index (κ1) is 43.5. The third-order valence-corrected chi connectivity index (χ3v) is 11.8. The van der Waals surface area contributed by atoms with Crippen molar-refractivity contribution in [2.24, 2.45) is 0 Å². The predicted molar refractivity (Wildman–Crippen MR) is 235 cm³/mol. The maximum Gasteiger partial charge on any atom is 0.345 e. The van der Waals surface area contributed by atoms with Gasteiger partial charge in [0.05, 0.1) is 11.3 Å². The molecule has 0 radical (unpaired) electrons. The number of ether oxygens (including phenoxy) is 4. The van der Waals surface area contributed by atoms with E-state index in [-0.39, 0.29) is 75.4 Å². The summed E-state index contributed by atoms with van der Waals surface area (Å²) in [4.78, 5) is 33.3. The van der Waals surface area contributed by atoms with Crippen molar-refractivity contribution in [3.8, 4) is 68.3 Å². The average molecular weight is 926 g/mol. The van der Waals surface area contributed by atoms with Crippen molar-refractivity contribution in [2.45, 2.75) is 25.2 Å². The van der Waals surface area contributed by atoms with E-state index in [4.69, 9.17) is 42.1 Å². The van der Waals surface area contributed by atoms with Gasteiger partial charge in [0, 0.05) is 80.0 Å². The topological polar surface area (TPSA) is 194 Å². The first-order chi connectivity index (χ1) is 31.5. The van der Waals surface area contributed by atoms with Crippen LogP contribution in [0.1, 0.15) is 11.3 Å². The minimum absolute atomic E-state index is 0.0147. The Balaban J connectivity index is 1.15. The predicted octanol–water partition coefficient (Wildman–Crippen LogP) is 7.93. The molecular formula is C46H39Cl2FN6O10. The van der Waals surface area contributed by atoms with E-state index in [1.807, 2.05) is 0 Å². The van der Waals surface area contributed by atoms with E-state index in [0.29, 0.717) is 72.2 Å². The van der Waals surface area contributed by atoms with Crippen LogP contribution in [0.15, 0.2) is 104 Å². The molecular weight excluding hydrogens is 886 g/mol. The highest BCUT2D eigenvalue weighted by atomic mass is 35.5. The molecule has 3 aliphatic rings. The molecule has 4 aromatic carbocycles. The van der Waals surface area contributed by atoms with Crippen LogP contribution in [-0.4, -0.2) is 108 Å². The molecule has 334 valence electrons. The molecule has 0 spiro atoms. The lowest BCUT2D eigenvalue weighted by atomic mass is 9.96. The fourth-order valence-corrected chi connectivity index (χ4v) is 8.41. The standard InChI is InChI=1S/C46H39Cl2FN6O10/c47-40-36-12-10-33(42(40)56)39-38(26-5-7-28(49)8-6-26)43(48)55-16-15-51-45(41(39)55)64-37(46(57)58)22-27-21-30(61-25-31(63-36)23-53-17-19-54(59)20-18-53)9-11-34(27)62-24-29-13-14-50-44(52-29)32-3-1-2-4-35(32)65-60/h1-16,21,31,37,56,59-60H,17-20,22-25H2,(H,57,58)/t31-,37-/m1/s1. The number of hydroxylamine groups is 2. The summed E-state index contributed by atoms with van der Waals surface area (Å²) in [7, 11) is 0. The molecule has 0 unspecified atom stereocenters. The monoisotopic (exact) mass is 924 g/mol. The summed E-state index contributed by atoms with van der Waals surface area (Å²) in [5.74, 6) is -1.12. The highest BCUT2D eigenvalue weighted by Gasteiger charge is 2.31. The average Bonchev–Trinajstić information content (AvgIpc) is 3.61. The van der Waals surface area contributed by atoms with Gasteiger partial charge in [-0.15, -0.1) is 0 Å². The largest absolute Gasteiger partial charge is 0.506 e. The third-order valence-electron chi connectivity index (χ3n) is 11.1. The number of hydrogen-bond donors (Lipinski definition) is 4. The van der Waals surface area contributed by atoms with Gasteiger partial charge in [0.1, 0.15) is 63.8 Å². The number of para-hydroxylation sites is 1. The van der Waals surface area contributed by atoms with Gasteiger partial charge in [0.15, 0.2) is 11.6 Å². The maximum absolute atomic E-state index is 14.3. The number of fused-ring (bicyclic) bond motifs is 7. The number of aromatic hydroxyl groups is 1. The number of benzene rings is 4. The fourth-order valence-electron chi connectivity index (χ4n) is 7.86. The van der Waals surface area contributed by atoms with Crippen LogP contribution in [0, 0.1) is 5.82 Å². The molecule has 10 rings (SSSR count). The van der Waals surface area contributed by atoms with Crippen LogP contribution in [0.25, 0.3) is 39.2 Å². The van der Waals surface area contributed by atoms with E-state index in [0.717, 1.165) is 0 Å².